The van der Waals surface area contributed by atoms with Gasteiger partial charge in [0, 0.05) is 22.4 Å². The van der Waals surface area contributed by atoms with E-state index in [0.717, 1.165) is 10.9 Å². The topological polar surface area (TPSA) is 58.9 Å². The molecular formula is C13H8N2O2S. The molecule has 0 bridgehead atoms. The number of benzene rings is 2. The number of nitro benzene ring substituents is 1. The molecule has 4 nitrogen and oxygen atoms in total. The lowest BCUT2D eigenvalue weighted by Gasteiger charge is -2.04. The molecule has 2 aromatic carbocycles. The summed E-state index contributed by atoms with van der Waals surface area (Å²) >= 11 is 5.40. The van der Waals surface area contributed by atoms with E-state index in [1.165, 1.54) is 6.07 Å². The van der Waals surface area contributed by atoms with Crippen molar-refractivity contribution in [3.8, 4) is 0 Å². The van der Waals surface area contributed by atoms with Crippen LogP contribution < -0.4 is 0 Å². The van der Waals surface area contributed by atoms with Crippen molar-refractivity contribution in [2.75, 3.05) is 0 Å². The van der Waals surface area contributed by atoms with Gasteiger partial charge in [0.25, 0.3) is 5.69 Å². The van der Waals surface area contributed by atoms with Crippen molar-refractivity contribution in [1.29, 1.82) is 0 Å². The highest BCUT2D eigenvalue weighted by molar-refractivity contribution is 7.72. The molecule has 88 valence electrons. The van der Waals surface area contributed by atoms with Crippen molar-refractivity contribution in [3.05, 3.63) is 57.1 Å². The van der Waals surface area contributed by atoms with Gasteiger partial charge in [-0.2, -0.15) is 0 Å². The smallest absolute Gasteiger partial charge is 0.293 e. The van der Waals surface area contributed by atoms with E-state index in [1.54, 1.807) is 12.1 Å². The summed E-state index contributed by atoms with van der Waals surface area (Å²) in [4.78, 5) is 13.7. The first-order chi connectivity index (χ1) is 8.68. The Morgan fingerprint density at radius 1 is 1.06 bits per heavy atom. The van der Waals surface area contributed by atoms with Crippen molar-refractivity contribution in [2.24, 2.45) is 0 Å². The van der Waals surface area contributed by atoms with Crippen molar-refractivity contribution in [2.45, 2.75) is 0 Å². The van der Waals surface area contributed by atoms with Gasteiger partial charge in [-0.15, -0.1) is 0 Å². The van der Waals surface area contributed by atoms with Crippen LogP contribution in [0.1, 0.15) is 0 Å². The summed E-state index contributed by atoms with van der Waals surface area (Å²) in [7, 11) is 0. The quantitative estimate of drug-likeness (QED) is 0.310. The number of aromatic amines is 1. The number of nitro groups is 1. The number of nitrogens with zero attached hydrogens (tertiary/aromatic N) is 1. The molecule has 0 amide bonds. The summed E-state index contributed by atoms with van der Waals surface area (Å²) in [5.74, 6) is 0. The monoisotopic (exact) mass is 256 g/mol. The van der Waals surface area contributed by atoms with Crippen LogP contribution in [-0.4, -0.2) is 9.91 Å². The molecule has 3 rings (SSSR count). The molecule has 0 saturated heterocycles. The predicted molar refractivity (Wildman–Crippen MR) is 73.3 cm³/mol. The molecule has 1 aromatic heterocycles. The number of para-hydroxylation sites is 2. The third-order valence-electron chi connectivity index (χ3n) is 2.92. The maximum absolute atomic E-state index is 11.0. The van der Waals surface area contributed by atoms with Crippen molar-refractivity contribution < 1.29 is 4.92 Å². The van der Waals surface area contributed by atoms with Crippen LogP contribution in [0.3, 0.4) is 0 Å². The number of hydrogen-bond donors (Lipinski definition) is 1. The van der Waals surface area contributed by atoms with E-state index in [0.29, 0.717) is 15.4 Å². The minimum atomic E-state index is -0.400. The molecule has 0 unspecified atom stereocenters. The molecule has 0 atom stereocenters. The Morgan fingerprint density at radius 3 is 2.56 bits per heavy atom. The van der Waals surface area contributed by atoms with Crippen LogP contribution in [0, 0.1) is 14.6 Å². The lowest BCUT2D eigenvalue weighted by molar-refractivity contribution is -0.383. The van der Waals surface area contributed by atoms with Crippen molar-refractivity contribution in [1.82, 2.24) is 4.98 Å². The van der Waals surface area contributed by atoms with E-state index in [-0.39, 0.29) is 5.69 Å². The third kappa shape index (κ3) is 1.48. The van der Waals surface area contributed by atoms with Crippen LogP contribution in [0.5, 0.6) is 0 Å². The summed E-state index contributed by atoms with van der Waals surface area (Å²) in [5, 5.41) is 12.6. The molecule has 1 heterocycles. The molecule has 0 aliphatic rings. The van der Waals surface area contributed by atoms with Gasteiger partial charge in [0.05, 0.1) is 9.43 Å². The molecular weight excluding hydrogens is 248 g/mol. The zero-order valence-electron chi connectivity index (χ0n) is 9.21. The Labute approximate surface area is 107 Å². The predicted octanol–water partition coefficient (Wildman–Crippen LogP) is 3.96. The second kappa shape index (κ2) is 3.89. The lowest BCUT2D eigenvalue weighted by atomic mass is 10.1. The first-order valence-electron chi connectivity index (χ1n) is 5.36. The second-order valence-corrected chi connectivity index (χ2v) is 4.36. The van der Waals surface area contributed by atoms with E-state index in [9.17, 15) is 10.1 Å². The number of nitrogens with one attached hydrogen (secondary N) is 1. The molecule has 18 heavy (non-hydrogen) atoms. The van der Waals surface area contributed by atoms with Gasteiger partial charge in [-0.3, -0.25) is 10.1 Å². The maximum Gasteiger partial charge on any atom is 0.293 e. The molecule has 0 fully saturated rings. The van der Waals surface area contributed by atoms with Gasteiger partial charge in [-0.05, 0) is 6.07 Å². The molecule has 0 aliphatic heterocycles. The molecule has 5 heteroatoms. The van der Waals surface area contributed by atoms with E-state index >= 15 is 0 Å². The fourth-order valence-corrected chi connectivity index (χ4v) is 2.43. The van der Waals surface area contributed by atoms with Gasteiger partial charge in [-0.1, -0.05) is 42.5 Å². The Balaban J connectivity index is 2.60. The number of fused-ring (bicyclic) bond motifs is 2. The highest BCUT2D eigenvalue weighted by Crippen LogP contribution is 2.28. The van der Waals surface area contributed by atoms with Crippen molar-refractivity contribution >= 4 is 39.7 Å². The van der Waals surface area contributed by atoms with Gasteiger partial charge in [-0.25, -0.2) is 0 Å². The molecule has 0 spiro atoms. The zero-order chi connectivity index (χ0) is 12.7. The normalized spacial score (nSPS) is 10.9. The molecule has 1 N–H and O–H groups in total. The second-order valence-electron chi connectivity index (χ2n) is 3.96. The number of H-pyrrole nitrogens is 1. The van der Waals surface area contributed by atoms with E-state index in [4.69, 9.17) is 12.2 Å². The highest BCUT2D eigenvalue weighted by Gasteiger charge is 2.13. The average molecular weight is 256 g/mol. The average Bonchev–Trinajstić information content (AvgIpc) is 2.38. The number of non-ortho nitro benzene ring substituents is 1. The van der Waals surface area contributed by atoms with Gasteiger partial charge in [0.15, 0.2) is 0 Å². The Bertz CT molecular complexity index is 839. The molecule has 0 saturated carbocycles. The van der Waals surface area contributed by atoms with Crippen LogP contribution in [0.2, 0.25) is 0 Å². The number of hydrogen-bond acceptors (Lipinski definition) is 3. The molecule has 3 aromatic rings. The lowest BCUT2D eigenvalue weighted by Crippen LogP contribution is -1.92. The van der Waals surface area contributed by atoms with E-state index in [1.807, 2.05) is 24.3 Å². The summed E-state index contributed by atoms with van der Waals surface area (Å²) in [6.07, 6.45) is 0. The standard InChI is InChI=1S/C13H8N2O2S/c16-15(17)11-7-3-5-9-12(11)14-10-6-2-1-4-8(10)13(9)18/h1-7H,(H,14,18). The number of pyridine rings is 1. The van der Waals surface area contributed by atoms with Crippen LogP contribution in [-0.2, 0) is 0 Å². The summed E-state index contributed by atoms with van der Waals surface area (Å²) in [5.41, 5.74) is 1.33. The minimum Gasteiger partial charge on any atom is -0.349 e. The van der Waals surface area contributed by atoms with Crippen LogP contribution in [0.4, 0.5) is 5.69 Å². The van der Waals surface area contributed by atoms with Crippen LogP contribution in [0.15, 0.2) is 42.5 Å². The van der Waals surface area contributed by atoms with Gasteiger partial charge >= 0.3 is 0 Å². The summed E-state index contributed by atoms with van der Waals surface area (Å²) in [6.45, 7) is 0. The van der Waals surface area contributed by atoms with Crippen molar-refractivity contribution in [3.63, 3.8) is 0 Å². The highest BCUT2D eigenvalue weighted by atomic mass is 32.1. The third-order valence-corrected chi connectivity index (χ3v) is 3.35. The van der Waals surface area contributed by atoms with Gasteiger partial charge in [0.2, 0.25) is 0 Å². The fraction of sp³-hybridized carbons (Fsp3) is 0. The summed E-state index contributed by atoms with van der Waals surface area (Å²) < 4.78 is 0.642. The minimum absolute atomic E-state index is 0.0457. The van der Waals surface area contributed by atoms with Crippen LogP contribution >= 0.6 is 12.2 Å². The van der Waals surface area contributed by atoms with E-state index < -0.39 is 4.92 Å². The first-order valence-corrected chi connectivity index (χ1v) is 5.77. The largest absolute Gasteiger partial charge is 0.349 e. The van der Waals surface area contributed by atoms with E-state index in [2.05, 4.69) is 4.98 Å². The zero-order valence-corrected chi connectivity index (χ0v) is 10.0. The summed E-state index contributed by atoms with van der Waals surface area (Å²) in [6, 6.07) is 12.5. The Morgan fingerprint density at radius 2 is 1.78 bits per heavy atom. The van der Waals surface area contributed by atoms with Gasteiger partial charge < -0.3 is 4.98 Å². The first kappa shape index (κ1) is 10.9. The maximum atomic E-state index is 11.0. The van der Waals surface area contributed by atoms with Gasteiger partial charge in [0.1, 0.15) is 5.52 Å². The molecule has 0 aliphatic carbocycles. The Hall–Kier alpha value is -2.27. The number of aromatic nitrogens is 1. The number of rotatable bonds is 1. The SMILES string of the molecule is O=[N+]([O-])c1cccc2c(=S)c3ccccc3[nH]c12. The fourth-order valence-electron chi connectivity index (χ4n) is 2.08. The molecule has 0 radical (unpaired) electrons. The van der Waals surface area contributed by atoms with Crippen LogP contribution in [0.25, 0.3) is 21.8 Å². The Kier molecular flexibility index (Phi) is 2.34.